The van der Waals surface area contributed by atoms with Gasteiger partial charge in [0.05, 0.1) is 0 Å². The van der Waals surface area contributed by atoms with Crippen molar-refractivity contribution < 1.29 is 9.59 Å². The molecule has 0 aliphatic carbocycles. The number of anilines is 1. The summed E-state index contributed by atoms with van der Waals surface area (Å²) in [5.74, 6) is -0.181. The molecule has 0 bridgehead atoms. The first-order valence-electron chi connectivity index (χ1n) is 11.6. The second-order valence-electron chi connectivity index (χ2n) is 9.89. The Morgan fingerprint density at radius 1 is 1.18 bits per heavy atom. The monoisotopic (exact) mass is 477 g/mol. The van der Waals surface area contributed by atoms with E-state index in [1.54, 1.807) is 12.4 Å². The standard InChI is InChI=1S/C26H31N5O2S/c1-26(2,3)22-10-9-18(15-29-22)20(32)13-17-7-6-12-31(16-17)25-30-23(24(27)33)21(34-25)14-19-8-4-5-11-28-19/h4-5,8-11,15,17H,6-7,12-14,16H2,1-3H3,(H2,27,33)/t17-/m0/s1. The minimum Gasteiger partial charge on any atom is -0.364 e. The first-order valence-corrected chi connectivity index (χ1v) is 12.5. The molecular weight excluding hydrogens is 446 g/mol. The van der Waals surface area contributed by atoms with Crippen molar-refractivity contribution in [1.82, 2.24) is 15.0 Å². The Bertz CT molecular complexity index is 1150. The summed E-state index contributed by atoms with van der Waals surface area (Å²) in [6.45, 7) is 7.90. The van der Waals surface area contributed by atoms with Crippen LogP contribution in [0, 0.1) is 5.92 Å². The van der Waals surface area contributed by atoms with Gasteiger partial charge in [-0.2, -0.15) is 0 Å². The number of carbonyl (C=O) groups is 2. The number of piperidine rings is 1. The van der Waals surface area contributed by atoms with Gasteiger partial charge in [-0.05, 0) is 43.0 Å². The molecule has 4 rings (SSSR count). The number of thiazole rings is 1. The Hall–Kier alpha value is -3.13. The second-order valence-corrected chi connectivity index (χ2v) is 11.0. The lowest BCUT2D eigenvalue weighted by Gasteiger charge is -2.32. The summed E-state index contributed by atoms with van der Waals surface area (Å²) in [5, 5.41) is 0.785. The molecule has 0 unspecified atom stereocenters. The van der Waals surface area contributed by atoms with Gasteiger partial charge in [-0.1, -0.05) is 26.8 Å². The van der Waals surface area contributed by atoms with Gasteiger partial charge in [-0.3, -0.25) is 19.6 Å². The molecule has 2 N–H and O–H groups in total. The van der Waals surface area contributed by atoms with Crippen LogP contribution in [0.15, 0.2) is 42.7 Å². The molecule has 3 aromatic rings. The highest BCUT2D eigenvalue weighted by atomic mass is 32.1. The lowest BCUT2D eigenvalue weighted by Crippen LogP contribution is -2.36. The van der Waals surface area contributed by atoms with Crippen molar-refractivity contribution in [3.8, 4) is 0 Å². The Morgan fingerprint density at radius 2 is 2.00 bits per heavy atom. The zero-order chi connectivity index (χ0) is 24.3. The van der Waals surface area contributed by atoms with E-state index < -0.39 is 5.91 Å². The van der Waals surface area contributed by atoms with Gasteiger partial charge in [-0.15, -0.1) is 11.3 Å². The number of nitrogens with two attached hydrogens (primary N) is 1. The molecule has 3 aromatic heterocycles. The fraction of sp³-hybridized carbons (Fsp3) is 0.423. The number of pyridine rings is 2. The topological polar surface area (TPSA) is 102 Å². The zero-order valence-corrected chi connectivity index (χ0v) is 20.8. The number of hydrogen-bond acceptors (Lipinski definition) is 7. The summed E-state index contributed by atoms with van der Waals surface area (Å²) in [6.07, 6.45) is 6.39. The highest BCUT2D eigenvalue weighted by Crippen LogP contribution is 2.32. The number of primary amides is 1. The molecular formula is C26H31N5O2S. The fourth-order valence-electron chi connectivity index (χ4n) is 4.24. The van der Waals surface area contributed by atoms with E-state index in [2.05, 4.69) is 40.6 Å². The van der Waals surface area contributed by atoms with Crippen LogP contribution in [0.25, 0.3) is 0 Å². The number of ketones is 1. The van der Waals surface area contributed by atoms with Gasteiger partial charge in [0, 0.05) is 65.6 Å². The van der Waals surface area contributed by atoms with Gasteiger partial charge < -0.3 is 10.6 Å². The molecule has 1 amide bonds. The van der Waals surface area contributed by atoms with Crippen molar-refractivity contribution in [2.45, 2.75) is 51.9 Å². The molecule has 1 saturated heterocycles. The number of Topliss-reactive ketones (excluding diaryl/α,β-unsaturated/α-hetero) is 1. The van der Waals surface area contributed by atoms with Gasteiger partial charge in [0.25, 0.3) is 5.91 Å². The number of amides is 1. The van der Waals surface area contributed by atoms with E-state index in [9.17, 15) is 9.59 Å². The normalized spacial score (nSPS) is 16.4. The molecule has 0 spiro atoms. The Balaban J connectivity index is 1.45. The number of nitrogens with zero attached hydrogens (tertiary/aromatic N) is 4. The minimum absolute atomic E-state index is 0.0433. The first-order chi connectivity index (χ1) is 16.2. The van der Waals surface area contributed by atoms with Crippen LogP contribution in [0.1, 0.15) is 77.1 Å². The number of aromatic nitrogens is 3. The van der Waals surface area contributed by atoms with E-state index in [1.807, 2.05) is 30.3 Å². The van der Waals surface area contributed by atoms with Gasteiger partial charge in [0.15, 0.2) is 10.9 Å². The van der Waals surface area contributed by atoms with Gasteiger partial charge in [0.2, 0.25) is 0 Å². The van der Waals surface area contributed by atoms with E-state index in [0.29, 0.717) is 24.1 Å². The molecule has 1 atom stereocenters. The van der Waals surface area contributed by atoms with E-state index in [4.69, 9.17) is 5.73 Å². The average Bonchev–Trinajstić information content (AvgIpc) is 3.23. The van der Waals surface area contributed by atoms with Crippen molar-refractivity contribution in [2.24, 2.45) is 11.7 Å². The summed E-state index contributed by atoms with van der Waals surface area (Å²) in [5.41, 5.74) is 8.40. The van der Waals surface area contributed by atoms with E-state index in [1.165, 1.54) is 11.3 Å². The highest BCUT2D eigenvalue weighted by Gasteiger charge is 2.27. The predicted octanol–water partition coefficient (Wildman–Crippen LogP) is 4.41. The molecule has 1 aliphatic rings. The molecule has 7 nitrogen and oxygen atoms in total. The lowest BCUT2D eigenvalue weighted by atomic mass is 9.89. The van der Waals surface area contributed by atoms with Crippen LogP contribution in [0.4, 0.5) is 5.13 Å². The van der Waals surface area contributed by atoms with Crippen molar-refractivity contribution in [3.63, 3.8) is 0 Å². The molecule has 0 radical (unpaired) electrons. The quantitative estimate of drug-likeness (QED) is 0.506. The molecule has 178 valence electrons. The summed E-state index contributed by atoms with van der Waals surface area (Å²) in [4.78, 5) is 41.4. The molecule has 8 heteroatoms. The third-order valence-electron chi connectivity index (χ3n) is 6.10. The number of rotatable bonds is 7. The lowest BCUT2D eigenvalue weighted by molar-refractivity contribution is 0.0955. The van der Waals surface area contributed by atoms with Crippen molar-refractivity contribution in [1.29, 1.82) is 0 Å². The van der Waals surface area contributed by atoms with Crippen LogP contribution in [0.5, 0.6) is 0 Å². The molecule has 0 saturated carbocycles. The average molecular weight is 478 g/mol. The summed E-state index contributed by atoms with van der Waals surface area (Å²) < 4.78 is 0. The van der Waals surface area contributed by atoms with Gasteiger partial charge in [0.1, 0.15) is 5.69 Å². The smallest absolute Gasteiger partial charge is 0.268 e. The zero-order valence-electron chi connectivity index (χ0n) is 20.0. The minimum atomic E-state index is -0.525. The fourth-order valence-corrected chi connectivity index (χ4v) is 5.36. The van der Waals surface area contributed by atoms with Crippen LogP contribution in [-0.2, 0) is 11.8 Å². The van der Waals surface area contributed by atoms with Crippen LogP contribution in [0.3, 0.4) is 0 Å². The molecule has 34 heavy (non-hydrogen) atoms. The summed E-state index contributed by atoms with van der Waals surface area (Å²) in [6, 6.07) is 9.55. The van der Waals surface area contributed by atoms with Crippen molar-refractivity contribution in [3.05, 3.63) is 70.2 Å². The van der Waals surface area contributed by atoms with E-state index in [0.717, 1.165) is 47.3 Å². The third kappa shape index (κ3) is 5.67. The second kappa shape index (κ2) is 10.0. The van der Waals surface area contributed by atoms with Crippen molar-refractivity contribution >= 4 is 28.2 Å². The van der Waals surface area contributed by atoms with Crippen LogP contribution in [-0.4, -0.2) is 39.7 Å². The third-order valence-corrected chi connectivity index (χ3v) is 7.22. The van der Waals surface area contributed by atoms with Crippen LogP contribution in [0.2, 0.25) is 0 Å². The SMILES string of the molecule is CC(C)(C)c1ccc(C(=O)C[C@@H]2CCCN(c3nc(C(N)=O)c(Cc4ccccn4)s3)C2)cn1. The summed E-state index contributed by atoms with van der Waals surface area (Å²) >= 11 is 1.49. The molecule has 0 aromatic carbocycles. The van der Waals surface area contributed by atoms with Crippen molar-refractivity contribution in [2.75, 3.05) is 18.0 Å². The highest BCUT2D eigenvalue weighted by molar-refractivity contribution is 7.16. The van der Waals surface area contributed by atoms with E-state index in [-0.39, 0.29) is 17.1 Å². The summed E-state index contributed by atoms with van der Waals surface area (Å²) in [7, 11) is 0. The van der Waals surface area contributed by atoms with Gasteiger partial charge in [-0.25, -0.2) is 4.98 Å². The Morgan fingerprint density at radius 3 is 2.65 bits per heavy atom. The van der Waals surface area contributed by atoms with Crippen LogP contribution < -0.4 is 10.6 Å². The Kier molecular flexibility index (Phi) is 7.07. The number of hydrogen-bond donors (Lipinski definition) is 1. The maximum absolute atomic E-state index is 12.9. The maximum Gasteiger partial charge on any atom is 0.268 e. The predicted molar refractivity (Wildman–Crippen MR) is 134 cm³/mol. The molecule has 1 aliphatic heterocycles. The molecule has 4 heterocycles. The van der Waals surface area contributed by atoms with Gasteiger partial charge >= 0.3 is 0 Å². The van der Waals surface area contributed by atoms with Crippen LogP contribution >= 0.6 is 11.3 Å². The Labute approximate surface area is 204 Å². The largest absolute Gasteiger partial charge is 0.364 e. The first kappa shape index (κ1) is 24.0. The number of carbonyl (C=O) groups excluding carboxylic acids is 2. The maximum atomic E-state index is 12.9. The van der Waals surface area contributed by atoms with E-state index >= 15 is 0 Å². The molecule has 1 fully saturated rings.